The number of aromatic nitrogens is 5. The number of aromatic amines is 2. The maximum Gasteiger partial charge on any atom is 0.239 e. The monoisotopic (exact) mass is 327 g/mol. The lowest BCUT2D eigenvalue weighted by Crippen LogP contribution is -2.26. The first kappa shape index (κ1) is 16.0. The minimum absolute atomic E-state index is 0.0177. The van der Waals surface area contributed by atoms with E-state index in [1.807, 2.05) is 6.07 Å². The van der Waals surface area contributed by atoms with E-state index in [0.717, 1.165) is 16.9 Å². The van der Waals surface area contributed by atoms with E-state index < -0.39 is 0 Å². The summed E-state index contributed by atoms with van der Waals surface area (Å²) in [4.78, 5) is 23.8. The van der Waals surface area contributed by atoms with Crippen LogP contribution in [0.5, 0.6) is 0 Å². The topological polar surface area (TPSA) is 125 Å². The number of nitrogen functional groups attached to an aromatic ring is 1. The molecule has 8 heteroatoms. The van der Waals surface area contributed by atoms with Crippen molar-refractivity contribution in [1.29, 1.82) is 0 Å². The molecule has 0 fully saturated rings. The van der Waals surface area contributed by atoms with Crippen LogP contribution in [0, 0.1) is 13.8 Å². The Hall–Kier alpha value is -2.90. The number of H-pyrrole nitrogens is 2. The molecule has 0 aliphatic rings. The molecule has 0 bridgehead atoms. The molecule has 0 atom stereocenters. The Morgan fingerprint density at radius 3 is 2.79 bits per heavy atom. The van der Waals surface area contributed by atoms with Crippen LogP contribution < -0.4 is 11.1 Å². The Bertz CT molecular complexity index is 865. The van der Waals surface area contributed by atoms with Crippen LogP contribution in [-0.4, -0.2) is 37.6 Å². The fourth-order valence-electron chi connectivity index (χ4n) is 2.55. The number of hydrogen-bond acceptors (Lipinski definition) is 5. The van der Waals surface area contributed by atoms with Crippen molar-refractivity contribution < 1.29 is 4.79 Å². The molecular formula is C16H21N7O. The summed E-state index contributed by atoms with van der Waals surface area (Å²) in [7, 11) is 0. The summed E-state index contributed by atoms with van der Waals surface area (Å²) in [5.74, 6) is 1.69. The van der Waals surface area contributed by atoms with Gasteiger partial charge < -0.3 is 16.0 Å². The largest absolute Gasteiger partial charge is 0.367 e. The predicted molar refractivity (Wildman–Crippen MR) is 91.4 cm³/mol. The number of amides is 1. The SMILES string of the molecule is Cc1ccc2[nH]c(CCC(=O)NCCc3nc(N)n[nH]3)nc2c1C. The highest BCUT2D eigenvalue weighted by atomic mass is 16.1. The van der Waals surface area contributed by atoms with Gasteiger partial charge in [-0.25, -0.2) is 4.98 Å². The van der Waals surface area contributed by atoms with E-state index in [4.69, 9.17) is 5.73 Å². The maximum atomic E-state index is 11.9. The van der Waals surface area contributed by atoms with E-state index in [0.29, 0.717) is 31.6 Å². The van der Waals surface area contributed by atoms with Gasteiger partial charge in [-0.2, -0.15) is 4.98 Å². The van der Waals surface area contributed by atoms with Gasteiger partial charge in [-0.1, -0.05) is 6.07 Å². The lowest BCUT2D eigenvalue weighted by atomic mass is 10.1. The van der Waals surface area contributed by atoms with Gasteiger partial charge in [-0.05, 0) is 31.0 Å². The molecule has 5 N–H and O–H groups in total. The van der Waals surface area contributed by atoms with E-state index in [1.165, 1.54) is 11.1 Å². The Morgan fingerprint density at radius 1 is 1.21 bits per heavy atom. The number of hydrogen-bond donors (Lipinski definition) is 4. The highest BCUT2D eigenvalue weighted by Crippen LogP contribution is 2.19. The quantitative estimate of drug-likeness (QED) is 0.541. The Labute approximate surface area is 139 Å². The number of carbonyl (C=O) groups excluding carboxylic acids is 1. The van der Waals surface area contributed by atoms with Gasteiger partial charge >= 0.3 is 0 Å². The van der Waals surface area contributed by atoms with Crippen molar-refractivity contribution >= 4 is 22.9 Å². The third-order valence-electron chi connectivity index (χ3n) is 4.05. The highest BCUT2D eigenvalue weighted by Gasteiger charge is 2.09. The molecule has 0 aliphatic carbocycles. The molecule has 3 aromatic rings. The fourth-order valence-corrected chi connectivity index (χ4v) is 2.55. The van der Waals surface area contributed by atoms with Crippen molar-refractivity contribution in [3.8, 4) is 0 Å². The van der Waals surface area contributed by atoms with Crippen LogP contribution in [0.1, 0.15) is 29.2 Å². The molecule has 8 nitrogen and oxygen atoms in total. The number of aryl methyl sites for hydroxylation is 3. The molecule has 1 amide bonds. The number of nitrogens with two attached hydrogens (primary N) is 1. The van der Waals surface area contributed by atoms with E-state index in [-0.39, 0.29) is 11.9 Å². The van der Waals surface area contributed by atoms with Gasteiger partial charge in [0.05, 0.1) is 11.0 Å². The molecule has 24 heavy (non-hydrogen) atoms. The number of carbonyl (C=O) groups is 1. The predicted octanol–water partition coefficient (Wildman–Crippen LogP) is 1.17. The molecule has 0 spiro atoms. The number of nitrogens with zero attached hydrogens (tertiary/aromatic N) is 3. The van der Waals surface area contributed by atoms with Crippen LogP contribution in [0.4, 0.5) is 5.95 Å². The van der Waals surface area contributed by atoms with Gasteiger partial charge in [0.2, 0.25) is 11.9 Å². The summed E-state index contributed by atoms with van der Waals surface area (Å²) in [6.45, 7) is 4.62. The van der Waals surface area contributed by atoms with Crippen molar-refractivity contribution in [2.24, 2.45) is 0 Å². The molecule has 2 aromatic heterocycles. The zero-order valence-electron chi connectivity index (χ0n) is 13.8. The second-order valence-corrected chi connectivity index (χ2v) is 5.83. The first-order valence-electron chi connectivity index (χ1n) is 7.91. The van der Waals surface area contributed by atoms with Crippen molar-refractivity contribution in [3.63, 3.8) is 0 Å². The summed E-state index contributed by atoms with van der Waals surface area (Å²) >= 11 is 0. The Kier molecular flexibility index (Phi) is 4.45. The van der Waals surface area contributed by atoms with Crippen molar-refractivity contribution in [3.05, 3.63) is 34.9 Å². The lowest BCUT2D eigenvalue weighted by molar-refractivity contribution is -0.121. The zero-order chi connectivity index (χ0) is 17.1. The number of rotatable bonds is 6. The average molecular weight is 327 g/mol. The van der Waals surface area contributed by atoms with E-state index in [2.05, 4.69) is 50.4 Å². The highest BCUT2D eigenvalue weighted by molar-refractivity contribution is 5.80. The second kappa shape index (κ2) is 6.69. The number of benzene rings is 1. The van der Waals surface area contributed by atoms with Gasteiger partial charge in [0.15, 0.2) is 0 Å². The molecule has 0 saturated carbocycles. The summed E-state index contributed by atoms with van der Waals surface area (Å²) in [5, 5.41) is 9.31. The van der Waals surface area contributed by atoms with Crippen LogP contribution in [0.15, 0.2) is 12.1 Å². The van der Waals surface area contributed by atoms with Gasteiger partial charge in [0.25, 0.3) is 0 Å². The minimum Gasteiger partial charge on any atom is -0.367 e. The third-order valence-corrected chi connectivity index (χ3v) is 4.05. The summed E-state index contributed by atoms with van der Waals surface area (Å²) < 4.78 is 0. The zero-order valence-corrected chi connectivity index (χ0v) is 13.8. The van der Waals surface area contributed by atoms with Crippen LogP contribution in [-0.2, 0) is 17.6 Å². The lowest BCUT2D eigenvalue weighted by Gasteiger charge is -2.02. The first-order chi connectivity index (χ1) is 11.5. The molecule has 0 aliphatic heterocycles. The molecule has 126 valence electrons. The number of imidazole rings is 1. The average Bonchev–Trinajstić information content (AvgIpc) is 3.15. The molecule has 0 saturated heterocycles. The van der Waals surface area contributed by atoms with E-state index >= 15 is 0 Å². The Balaban J connectivity index is 1.50. The van der Waals surface area contributed by atoms with Crippen molar-refractivity contribution in [2.75, 3.05) is 12.3 Å². The summed E-state index contributed by atoms with van der Waals surface area (Å²) in [6, 6.07) is 4.10. The van der Waals surface area contributed by atoms with Gasteiger partial charge in [0, 0.05) is 25.8 Å². The standard InChI is InChI=1S/C16H21N7O/c1-9-3-4-11-15(10(9)2)20-12(19-11)5-6-14(24)18-8-7-13-21-16(17)23-22-13/h3-4H,5-8H2,1-2H3,(H,18,24)(H,19,20)(H3,17,21,22,23). The molecular weight excluding hydrogens is 306 g/mol. The molecule has 0 unspecified atom stereocenters. The smallest absolute Gasteiger partial charge is 0.239 e. The normalized spacial score (nSPS) is 11.1. The van der Waals surface area contributed by atoms with Gasteiger partial charge in [-0.3, -0.25) is 9.89 Å². The minimum atomic E-state index is -0.0177. The van der Waals surface area contributed by atoms with Crippen LogP contribution in [0.2, 0.25) is 0 Å². The summed E-state index contributed by atoms with van der Waals surface area (Å²) in [5.41, 5.74) is 9.80. The van der Waals surface area contributed by atoms with Crippen LogP contribution in [0.25, 0.3) is 11.0 Å². The van der Waals surface area contributed by atoms with Gasteiger partial charge in [-0.15, -0.1) is 5.10 Å². The third kappa shape index (κ3) is 3.53. The number of anilines is 1. The first-order valence-corrected chi connectivity index (χ1v) is 7.91. The fraction of sp³-hybridized carbons (Fsp3) is 0.375. The molecule has 2 heterocycles. The maximum absolute atomic E-state index is 11.9. The van der Waals surface area contributed by atoms with Gasteiger partial charge in [0.1, 0.15) is 11.6 Å². The van der Waals surface area contributed by atoms with E-state index in [1.54, 1.807) is 0 Å². The number of fused-ring (bicyclic) bond motifs is 1. The number of nitrogens with one attached hydrogen (secondary N) is 3. The van der Waals surface area contributed by atoms with Crippen LogP contribution >= 0.6 is 0 Å². The van der Waals surface area contributed by atoms with Crippen LogP contribution in [0.3, 0.4) is 0 Å². The van der Waals surface area contributed by atoms with Crippen molar-refractivity contribution in [1.82, 2.24) is 30.5 Å². The molecule has 1 aromatic carbocycles. The van der Waals surface area contributed by atoms with E-state index in [9.17, 15) is 4.79 Å². The molecule has 0 radical (unpaired) electrons. The molecule has 3 rings (SSSR count). The Morgan fingerprint density at radius 2 is 2.04 bits per heavy atom. The van der Waals surface area contributed by atoms with Crippen molar-refractivity contribution in [2.45, 2.75) is 33.1 Å². The summed E-state index contributed by atoms with van der Waals surface area (Å²) in [6.07, 6.45) is 1.53. The second-order valence-electron chi connectivity index (χ2n) is 5.83.